The Labute approximate surface area is 356 Å². The highest BCUT2D eigenvalue weighted by Crippen LogP contribution is 2.45. The maximum Gasteiger partial charge on any atom is 0.128 e. The molecule has 0 unspecified atom stereocenters. The normalized spacial score (nSPS) is 12.7. The molecule has 60 heavy (non-hydrogen) atoms. The number of aromatic hydroxyl groups is 2. The lowest BCUT2D eigenvalue weighted by atomic mass is 9.72. The molecule has 4 nitrogen and oxygen atoms in total. The zero-order chi connectivity index (χ0) is 42.7. The lowest BCUT2D eigenvalue weighted by Gasteiger charge is -2.32. The summed E-state index contributed by atoms with van der Waals surface area (Å²) in [5.74, 6) is 0.384. The molecule has 0 aromatic heterocycles. The van der Waals surface area contributed by atoms with Gasteiger partial charge in [-0.15, -0.1) is 0 Å². The van der Waals surface area contributed by atoms with Crippen molar-refractivity contribution in [1.82, 2.24) is 0 Å². The molecular formula is C56H56N2O2. The summed E-state index contributed by atoms with van der Waals surface area (Å²) in [7, 11) is 0. The fourth-order valence-corrected chi connectivity index (χ4v) is 8.21. The molecule has 0 aliphatic rings. The molecule has 0 saturated heterocycles. The van der Waals surface area contributed by atoms with E-state index in [9.17, 15) is 10.2 Å². The smallest absolute Gasteiger partial charge is 0.128 e. The second-order valence-electron chi connectivity index (χ2n) is 17.9. The third-order valence-corrected chi connectivity index (χ3v) is 12.6. The number of rotatable bonds is 12. The molecular weight excluding hydrogens is 733 g/mol. The zero-order valence-corrected chi connectivity index (χ0v) is 36.1. The summed E-state index contributed by atoms with van der Waals surface area (Å²) in [5, 5.41) is 24.2. The first-order valence-corrected chi connectivity index (χ1v) is 20.8. The number of nitrogens with zero attached hydrogens (tertiary/aromatic N) is 2. The van der Waals surface area contributed by atoms with Crippen LogP contribution in [0.5, 0.6) is 11.5 Å². The molecule has 7 rings (SSSR count). The van der Waals surface area contributed by atoms with E-state index in [-0.39, 0.29) is 22.3 Å². The first-order chi connectivity index (χ1) is 28.6. The van der Waals surface area contributed by atoms with Gasteiger partial charge in [-0.3, -0.25) is 9.98 Å². The first kappa shape index (κ1) is 41.6. The number of hydrogen-bond donors (Lipinski definition) is 2. The van der Waals surface area contributed by atoms with Gasteiger partial charge in [-0.25, -0.2) is 0 Å². The standard InChI is InChI=1S/C56H56N2O2/c1-53(2,41-23-13-9-14-24-41)45-33-39(51(59)47(35-45)55(5,6)43-27-17-11-18-28-43)37-57-49-31-21-22-32-50(49)58-38-40-34-46(54(3,4)42-25-15-10-16-26-42)36-48(52(40)60)56(7,8)44-29-19-12-20-30-44/h9-38,59-60H,1-8H3. The first-order valence-electron chi connectivity index (χ1n) is 20.8. The third-order valence-electron chi connectivity index (χ3n) is 12.6. The molecule has 0 bridgehead atoms. The van der Waals surface area contributed by atoms with Crippen molar-refractivity contribution in [1.29, 1.82) is 0 Å². The molecule has 0 heterocycles. The van der Waals surface area contributed by atoms with Crippen LogP contribution in [0.25, 0.3) is 0 Å². The Balaban J connectivity index is 1.33. The van der Waals surface area contributed by atoms with Gasteiger partial charge in [0.15, 0.2) is 0 Å². The third kappa shape index (κ3) is 8.20. The van der Waals surface area contributed by atoms with Crippen LogP contribution < -0.4 is 0 Å². The van der Waals surface area contributed by atoms with Crippen LogP contribution in [0.4, 0.5) is 11.4 Å². The van der Waals surface area contributed by atoms with Crippen LogP contribution in [0, 0.1) is 0 Å². The molecule has 0 saturated carbocycles. The lowest BCUT2D eigenvalue weighted by molar-refractivity contribution is 0.450. The molecule has 2 N–H and O–H groups in total. The zero-order valence-electron chi connectivity index (χ0n) is 36.1. The SMILES string of the molecule is CC(C)(c1ccccc1)c1cc(C=Nc2ccccc2N=Cc2cc(C(C)(C)c3ccccc3)cc(C(C)(C)c3ccccc3)c2O)c(O)c(C(C)(C)c2ccccc2)c1. The second-order valence-corrected chi connectivity index (χ2v) is 17.9. The van der Waals surface area contributed by atoms with E-state index in [1.165, 1.54) is 11.1 Å². The fraction of sp³-hybridized carbons (Fsp3) is 0.214. The number of aliphatic imine (C=N–C) groups is 2. The summed E-state index contributed by atoms with van der Waals surface area (Å²) in [6.45, 7) is 17.5. The molecule has 0 aliphatic heterocycles. The quantitative estimate of drug-likeness (QED) is 0.121. The molecule has 7 aromatic carbocycles. The van der Waals surface area contributed by atoms with Crippen molar-refractivity contribution in [3.05, 3.63) is 225 Å². The van der Waals surface area contributed by atoms with Crippen LogP contribution in [0.1, 0.15) is 111 Å². The topological polar surface area (TPSA) is 65.2 Å². The van der Waals surface area contributed by atoms with Crippen LogP contribution in [-0.2, 0) is 21.7 Å². The van der Waals surface area contributed by atoms with Crippen molar-refractivity contribution >= 4 is 23.8 Å². The van der Waals surface area contributed by atoms with E-state index >= 15 is 0 Å². The van der Waals surface area contributed by atoms with Gasteiger partial charge >= 0.3 is 0 Å². The maximum atomic E-state index is 12.1. The highest BCUT2D eigenvalue weighted by molar-refractivity contribution is 5.91. The van der Waals surface area contributed by atoms with Crippen molar-refractivity contribution in [2.75, 3.05) is 0 Å². The minimum atomic E-state index is -0.502. The Hall–Kier alpha value is -6.52. The van der Waals surface area contributed by atoms with Crippen LogP contribution in [0.15, 0.2) is 180 Å². The van der Waals surface area contributed by atoms with E-state index in [0.717, 1.165) is 33.4 Å². The molecule has 0 spiro atoms. The van der Waals surface area contributed by atoms with Gasteiger partial charge in [0.05, 0.1) is 11.4 Å². The van der Waals surface area contributed by atoms with E-state index in [1.807, 2.05) is 72.8 Å². The summed E-state index contributed by atoms with van der Waals surface area (Å²) in [5.41, 5.74) is 9.14. The van der Waals surface area contributed by atoms with Gasteiger partial charge < -0.3 is 10.2 Å². The van der Waals surface area contributed by atoms with Crippen LogP contribution in [-0.4, -0.2) is 22.6 Å². The van der Waals surface area contributed by atoms with E-state index < -0.39 is 10.8 Å². The molecule has 7 aromatic rings. The Morgan fingerprint density at radius 2 is 0.600 bits per heavy atom. The van der Waals surface area contributed by atoms with Crippen molar-refractivity contribution < 1.29 is 10.2 Å². The lowest BCUT2D eigenvalue weighted by Crippen LogP contribution is -2.24. The molecule has 0 fully saturated rings. The average Bonchev–Trinajstić information content (AvgIpc) is 3.27. The van der Waals surface area contributed by atoms with Gasteiger partial charge in [-0.2, -0.15) is 0 Å². The van der Waals surface area contributed by atoms with Crippen molar-refractivity contribution in [3.8, 4) is 11.5 Å². The van der Waals surface area contributed by atoms with Gasteiger partial charge in [0, 0.05) is 56.3 Å². The van der Waals surface area contributed by atoms with Gasteiger partial charge in [-0.1, -0.05) is 201 Å². The second kappa shape index (κ2) is 16.6. The monoisotopic (exact) mass is 788 g/mol. The Kier molecular flexibility index (Phi) is 11.5. The predicted octanol–water partition coefficient (Wildman–Crippen LogP) is 13.9. The summed E-state index contributed by atoms with van der Waals surface area (Å²) < 4.78 is 0. The highest BCUT2D eigenvalue weighted by Gasteiger charge is 2.33. The van der Waals surface area contributed by atoms with E-state index in [2.05, 4.69) is 152 Å². The number of para-hydroxylation sites is 2. The molecule has 4 heteroatoms. The van der Waals surface area contributed by atoms with Crippen molar-refractivity contribution in [3.63, 3.8) is 0 Å². The fourth-order valence-electron chi connectivity index (χ4n) is 8.21. The van der Waals surface area contributed by atoms with E-state index in [1.54, 1.807) is 12.4 Å². The van der Waals surface area contributed by atoms with E-state index in [0.29, 0.717) is 22.5 Å². The minimum Gasteiger partial charge on any atom is -0.507 e. The van der Waals surface area contributed by atoms with Gasteiger partial charge in [0.1, 0.15) is 11.5 Å². The number of hydrogen-bond acceptors (Lipinski definition) is 4. The summed E-state index contributed by atoms with van der Waals surface area (Å²) >= 11 is 0. The Bertz CT molecular complexity index is 2450. The number of phenolic OH excluding ortho intramolecular Hbond substituents is 2. The number of phenols is 2. The maximum absolute atomic E-state index is 12.1. The summed E-state index contributed by atoms with van der Waals surface area (Å²) in [4.78, 5) is 9.99. The van der Waals surface area contributed by atoms with Crippen LogP contribution in [0.3, 0.4) is 0 Å². The average molecular weight is 789 g/mol. The molecule has 302 valence electrons. The van der Waals surface area contributed by atoms with Gasteiger partial charge in [-0.05, 0) is 57.6 Å². The number of benzene rings is 7. The Morgan fingerprint density at radius 1 is 0.333 bits per heavy atom. The minimum absolute atomic E-state index is 0.192. The van der Waals surface area contributed by atoms with Crippen LogP contribution >= 0.6 is 0 Å². The largest absolute Gasteiger partial charge is 0.507 e. The summed E-state index contributed by atoms with van der Waals surface area (Å²) in [6, 6.07) is 57.7. The molecule has 0 aliphatic carbocycles. The summed E-state index contributed by atoms with van der Waals surface area (Å²) in [6.07, 6.45) is 3.50. The van der Waals surface area contributed by atoms with Crippen molar-refractivity contribution in [2.24, 2.45) is 9.98 Å². The molecule has 0 radical (unpaired) electrons. The Morgan fingerprint density at radius 3 is 0.900 bits per heavy atom. The van der Waals surface area contributed by atoms with Gasteiger partial charge in [0.2, 0.25) is 0 Å². The van der Waals surface area contributed by atoms with Gasteiger partial charge in [0.25, 0.3) is 0 Å². The molecule has 0 amide bonds. The molecule has 0 atom stereocenters. The highest BCUT2D eigenvalue weighted by atomic mass is 16.3. The predicted molar refractivity (Wildman–Crippen MR) is 251 cm³/mol. The van der Waals surface area contributed by atoms with E-state index in [4.69, 9.17) is 9.98 Å². The van der Waals surface area contributed by atoms with Crippen LogP contribution in [0.2, 0.25) is 0 Å². The van der Waals surface area contributed by atoms with Crippen molar-refractivity contribution in [2.45, 2.75) is 77.0 Å².